The Bertz CT molecular complexity index is 755. The number of amides is 1. The van der Waals surface area contributed by atoms with Crippen molar-refractivity contribution in [3.63, 3.8) is 0 Å². The number of carbonyl (C=O) groups excluding carboxylic acids is 1. The van der Waals surface area contributed by atoms with E-state index in [1.54, 1.807) is 12.3 Å². The molecule has 0 saturated heterocycles. The van der Waals surface area contributed by atoms with E-state index in [-0.39, 0.29) is 5.91 Å². The van der Waals surface area contributed by atoms with Crippen LogP contribution in [-0.4, -0.2) is 15.9 Å². The minimum Gasteiger partial charge on any atom is -0.298 e. The van der Waals surface area contributed by atoms with Crippen LogP contribution in [0.15, 0.2) is 41.2 Å². The fourth-order valence-corrected chi connectivity index (χ4v) is 3.32. The number of carbonyl (C=O) groups is 1. The topological polar surface area (TPSA) is 54.9 Å². The standard InChI is InChI=1S/C14H10ClN3OS2/c15-7-11-8-21-13(17-11)10-3-1-2-9(6-10)12(19)18-14-16-4-5-20-14/h1-6,8H,7H2,(H,16,18,19). The van der Waals surface area contributed by atoms with Crippen molar-refractivity contribution in [2.24, 2.45) is 0 Å². The molecule has 0 atom stereocenters. The maximum atomic E-state index is 12.2. The molecule has 3 aromatic rings. The third-order valence-corrected chi connectivity index (χ3v) is 4.62. The number of alkyl halides is 1. The highest BCUT2D eigenvalue weighted by Crippen LogP contribution is 2.25. The molecule has 2 heterocycles. The van der Waals surface area contributed by atoms with Crippen LogP contribution in [0.25, 0.3) is 10.6 Å². The smallest absolute Gasteiger partial charge is 0.257 e. The fourth-order valence-electron chi connectivity index (χ4n) is 1.75. The molecule has 1 amide bonds. The van der Waals surface area contributed by atoms with Crippen LogP contribution >= 0.6 is 34.3 Å². The monoisotopic (exact) mass is 335 g/mol. The van der Waals surface area contributed by atoms with Gasteiger partial charge in [0, 0.05) is 28.1 Å². The van der Waals surface area contributed by atoms with Crippen LogP contribution in [0.4, 0.5) is 5.13 Å². The van der Waals surface area contributed by atoms with E-state index in [0.29, 0.717) is 16.6 Å². The molecule has 7 heteroatoms. The van der Waals surface area contributed by atoms with Gasteiger partial charge in [-0.3, -0.25) is 10.1 Å². The van der Waals surface area contributed by atoms with Crippen molar-refractivity contribution in [2.45, 2.75) is 5.88 Å². The summed E-state index contributed by atoms with van der Waals surface area (Å²) in [6, 6.07) is 7.35. The summed E-state index contributed by atoms with van der Waals surface area (Å²) in [6.45, 7) is 0. The van der Waals surface area contributed by atoms with Crippen molar-refractivity contribution < 1.29 is 4.79 Å². The summed E-state index contributed by atoms with van der Waals surface area (Å²) < 4.78 is 0. The first kappa shape index (κ1) is 14.2. The maximum Gasteiger partial charge on any atom is 0.257 e. The highest BCUT2D eigenvalue weighted by atomic mass is 35.5. The average Bonchev–Trinajstić information content (AvgIpc) is 3.18. The van der Waals surface area contributed by atoms with Crippen LogP contribution < -0.4 is 5.32 Å². The van der Waals surface area contributed by atoms with Crippen LogP contribution in [0.3, 0.4) is 0 Å². The van der Waals surface area contributed by atoms with Gasteiger partial charge in [-0.1, -0.05) is 12.1 Å². The second-order valence-corrected chi connectivity index (χ2v) is 6.17. The van der Waals surface area contributed by atoms with E-state index in [1.807, 2.05) is 29.0 Å². The number of hydrogen-bond donors (Lipinski definition) is 1. The highest BCUT2D eigenvalue weighted by Gasteiger charge is 2.10. The molecule has 1 N–H and O–H groups in total. The number of rotatable bonds is 4. The molecule has 0 spiro atoms. The largest absolute Gasteiger partial charge is 0.298 e. The maximum absolute atomic E-state index is 12.2. The van der Waals surface area contributed by atoms with Gasteiger partial charge in [-0.2, -0.15) is 0 Å². The van der Waals surface area contributed by atoms with Gasteiger partial charge in [0.15, 0.2) is 5.13 Å². The van der Waals surface area contributed by atoms with Gasteiger partial charge in [-0.25, -0.2) is 9.97 Å². The highest BCUT2D eigenvalue weighted by molar-refractivity contribution is 7.13. The van der Waals surface area contributed by atoms with E-state index in [4.69, 9.17) is 11.6 Å². The Morgan fingerprint density at radius 1 is 1.33 bits per heavy atom. The van der Waals surface area contributed by atoms with Gasteiger partial charge in [0.2, 0.25) is 0 Å². The lowest BCUT2D eigenvalue weighted by molar-refractivity contribution is 0.102. The molecule has 21 heavy (non-hydrogen) atoms. The number of benzene rings is 1. The van der Waals surface area contributed by atoms with Crippen molar-refractivity contribution >= 4 is 45.3 Å². The summed E-state index contributed by atoms with van der Waals surface area (Å²) in [4.78, 5) is 20.6. The summed E-state index contributed by atoms with van der Waals surface area (Å²) in [7, 11) is 0. The molecule has 2 aromatic heterocycles. The van der Waals surface area contributed by atoms with Gasteiger partial charge in [0.25, 0.3) is 5.91 Å². The zero-order valence-corrected chi connectivity index (χ0v) is 13.1. The Balaban J connectivity index is 1.84. The molecule has 3 rings (SSSR count). The first-order valence-electron chi connectivity index (χ1n) is 6.08. The number of nitrogens with one attached hydrogen (secondary N) is 1. The molecule has 0 aliphatic carbocycles. The lowest BCUT2D eigenvalue weighted by Crippen LogP contribution is -2.11. The van der Waals surface area contributed by atoms with Gasteiger partial charge in [0.05, 0.1) is 11.6 Å². The number of aromatic nitrogens is 2. The third kappa shape index (κ3) is 3.29. The van der Waals surface area contributed by atoms with E-state index in [2.05, 4.69) is 15.3 Å². The van der Waals surface area contributed by atoms with Crippen LogP contribution in [-0.2, 0) is 5.88 Å². The van der Waals surface area contributed by atoms with Gasteiger partial charge in [-0.05, 0) is 12.1 Å². The van der Waals surface area contributed by atoms with Crippen LogP contribution in [0, 0.1) is 0 Å². The molecule has 0 unspecified atom stereocenters. The van der Waals surface area contributed by atoms with Crippen molar-refractivity contribution in [3.05, 3.63) is 52.5 Å². The van der Waals surface area contributed by atoms with Gasteiger partial charge in [-0.15, -0.1) is 34.3 Å². The van der Waals surface area contributed by atoms with Crippen LogP contribution in [0.2, 0.25) is 0 Å². The van der Waals surface area contributed by atoms with Crippen molar-refractivity contribution in [3.8, 4) is 10.6 Å². The number of nitrogens with zero attached hydrogens (tertiary/aromatic N) is 2. The third-order valence-electron chi connectivity index (χ3n) is 2.71. The minimum absolute atomic E-state index is 0.180. The number of thiazole rings is 2. The molecule has 4 nitrogen and oxygen atoms in total. The first-order chi connectivity index (χ1) is 10.3. The Morgan fingerprint density at radius 3 is 2.95 bits per heavy atom. The Kier molecular flexibility index (Phi) is 4.28. The van der Waals surface area contributed by atoms with Crippen LogP contribution in [0.1, 0.15) is 16.1 Å². The van der Waals surface area contributed by atoms with Gasteiger partial charge >= 0.3 is 0 Å². The molecule has 0 bridgehead atoms. The Morgan fingerprint density at radius 2 is 2.24 bits per heavy atom. The molecule has 0 radical (unpaired) electrons. The summed E-state index contributed by atoms with van der Waals surface area (Å²) in [5, 5.41) is 7.94. The zero-order chi connectivity index (χ0) is 14.7. The van der Waals surface area contributed by atoms with E-state index in [1.165, 1.54) is 22.7 Å². The summed E-state index contributed by atoms with van der Waals surface area (Å²) in [5.74, 6) is 0.210. The quantitative estimate of drug-likeness (QED) is 0.725. The summed E-state index contributed by atoms with van der Waals surface area (Å²) in [6.07, 6.45) is 1.65. The Hall–Kier alpha value is -1.76. The predicted octanol–water partition coefficient (Wildman–Crippen LogP) is 4.26. The second-order valence-electron chi connectivity index (χ2n) is 4.15. The molecule has 1 aromatic carbocycles. The zero-order valence-electron chi connectivity index (χ0n) is 10.7. The van der Waals surface area contributed by atoms with Gasteiger partial charge < -0.3 is 0 Å². The second kappa shape index (κ2) is 6.34. The first-order valence-corrected chi connectivity index (χ1v) is 8.37. The molecule has 0 aliphatic rings. The normalized spacial score (nSPS) is 10.5. The van der Waals surface area contributed by atoms with Crippen molar-refractivity contribution in [1.29, 1.82) is 0 Å². The number of hydrogen-bond acceptors (Lipinski definition) is 5. The van der Waals surface area contributed by atoms with Crippen LogP contribution in [0.5, 0.6) is 0 Å². The molecular formula is C14H10ClN3OS2. The number of anilines is 1. The molecule has 0 aliphatic heterocycles. The van der Waals surface area contributed by atoms with E-state index in [9.17, 15) is 4.79 Å². The summed E-state index contributed by atoms with van der Waals surface area (Å²) in [5.41, 5.74) is 2.32. The SMILES string of the molecule is O=C(Nc1nccs1)c1cccc(-c2nc(CCl)cs2)c1. The summed E-state index contributed by atoms with van der Waals surface area (Å²) >= 11 is 8.66. The average molecular weight is 336 g/mol. The minimum atomic E-state index is -0.180. The molecule has 106 valence electrons. The van der Waals surface area contributed by atoms with Crippen molar-refractivity contribution in [2.75, 3.05) is 5.32 Å². The number of halogens is 1. The molecule has 0 saturated carbocycles. The van der Waals surface area contributed by atoms with E-state index in [0.717, 1.165) is 16.3 Å². The van der Waals surface area contributed by atoms with E-state index >= 15 is 0 Å². The lowest BCUT2D eigenvalue weighted by atomic mass is 10.1. The predicted molar refractivity (Wildman–Crippen MR) is 87.2 cm³/mol. The molecular weight excluding hydrogens is 326 g/mol. The lowest BCUT2D eigenvalue weighted by Gasteiger charge is -2.03. The van der Waals surface area contributed by atoms with Gasteiger partial charge in [0.1, 0.15) is 5.01 Å². The molecule has 0 fully saturated rings. The van der Waals surface area contributed by atoms with Crippen molar-refractivity contribution in [1.82, 2.24) is 9.97 Å². The Labute approximate surface area is 134 Å². The fraction of sp³-hybridized carbons (Fsp3) is 0.0714. The van der Waals surface area contributed by atoms with E-state index < -0.39 is 0 Å².